The molecular formula is C20H25N3O4. The number of carbonyl (C=O) groups is 2. The summed E-state index contributed by atoms with van der Waals surface area (Å²) in [4.78, 5) is 26.6. The number of urea groups is 1. The second-order valence-corrected chi connectivity index (χ2v) is 8.88. The SMILES string of the molecule is Cc1ccc2c(c1)[C@]13CCN(C)[C@H]([C@@H]2O)[C@]1(O)CC[C@@]1(C3)NC(=O)NC1=O. The highest BCUT2D eigenvalue weighted by atomic mass is 16.3. The van der Waals surface area contributed by atoms with Gasteiger partial charge in [-0.1, -0.05) is 23.8 Å². The molecule has 0 unspecified atom stereocenters. The molecule has 2 saturated heterocycles. The molecule has 2 aliphatic heterocycles. The average Bonchev–Trinajstić information content (AvgIpc) is 2.88. The van der Waals surface area contributed by atoms with Gasteiger partial charge in [0.25, 0.3) is 5.91 Å². The first kappa shape index (κ1) is 17.2. The number of piperidine rings is 1. The summed E-state index contributed by atoms with van der Waals surface area (Å²) in [6.07, 6.45) is 0.943. The minimum Gasteiger partial charge on any atom is -0.387 e. The third kappa shape index (κ3) is 1.92. The molecule has 27 heavy (non-hydrogen) atoms. The monoisotopic (exact) mass is 371 g/mol. The summed E-state index contributed by atoms with van der Waals surface area (Å²) in [5.74, 6) is -0.306. The lowest BCUT2D eigenvalue weighted by atomic mass is 9.46. The van der Waals surface area contributed by atoms with Gasteiger partial charge in [-0.25, -0.2) is 4.79 Å². The van der Waals surface area contributed by atoms with E-state index in [9.17, 15) is 19.8 Å². The van der Waals surface area contributed by atoms with E-state index in [0.717, 1.165) is 16.7 Å². The zero-order valence-electron chi connectivity index (χ0n) is 15.6. The molecule has 0 aromatic heterocycles. The molecule has 7 heteroatoms. The van der Waals surface area contributed by atoms with Crippen molar-refractivity contribution in [3.63, 3.8) is 0 Å². The van der Waals surface area contributed by atoms with Crippen LogP contribution in [0.2, 0.25) is 0 Å². The summed E-state index contributed by atoms with van der Waals surface area (Å²) in [6, 6.07) is 5.06. The molecule has 3 amide bonds. The van der Waals surface area contributed by atoms with E-state index in [2.05, 4.69) is 10.6 Å². The molecule has 0 radical (unpaired) electrons. The van der Waals surface area contributed by atoms with Crippen LogP contribution in [0.5, 0.6) is 0 Å². The van der Waals surface area contributed by atoms with E-state index in [-0.39, 0.29) is 5.91 Å². The first-order chi connectivity index (χ1) is 12.7. The number of nitrogens with zero attached hydrogens (tertiary/aromatic N) is 1. The topological polar surface area (TPSA) is 102 Å². The van der Waals surface area contributed by atoms with Crippen molar-refractivity contribution in [1.82, 2.24) is 15.5 Å². The maximum Gasteiger partial charge on any atom is 0.322 e. The Morgan fingerprint density at radius 3 is 2.70 bits per heavy atom. The quantitative estimate of drug-likeness (QED) is 0.497. The zero-order valence-corrected chi connectivity index (χ0v) is 15.6. The second-order valence-electron chi connectivity index (χ2n) is 8.88. The van der Waals surface area contributed by atoms with Crippen molar-refractivity contribution in [3.8, 4) is 0 Å². The van der Waals surface area contributed by atoms with Crippen LogP contribution in [0.4, 0.5) is 4.79 Å². The number of likely N-dealkylation sites (N-methyl/N-ethyl adjacent to an activating group) is 1. The molecule has 2 heterocycles. The van der Waals surface area contributed by atoms with Crippen molar-refractivity contribution in [3.05, 3.63) is 34.9 Å². The summed E-state index contributed by atoms with van der Waals surface area (Å²) in [7, 11) is 1.93. The Morgan fingerprint density at radius 1 is 1.22 bits per heavy atom. The molecule has 144 valence electrons. The third-order valence-corrected chi connectivity index (χ3v) is 7.58. The Labute approximate surface area is 157 Å². The van der Waals surface area contributed by atoms with Crippen molar-refractivity contribution < 1.29 is 19.8 Å². The van der Waals surface area contributed by atoms with Gasteiger partial charge in [0.05, 0.1) is 17.7 Å². The van der Waals surface area contributed by atoms with Crippen LogP contribution in [0.15, 0.2) is 18.2 Å². The van der Waals surface area contributed by atoms with E-state index in [1.54, 1.807) is 0 Å². The summed E-state index contributed by atoms with van der Waals surface area (Å²) in [5.41, 5.74) is -0.0301. The number of hydrogen-bond acceptors (Lipinski definition) is 5. The number of aliphatic hydroxyl groups excluding tert-OH is 1. The molecule has 4 aliphatic rings. The first-order valence-electron chi connectivity index (χ1n) is 9.58. The second kappa shape index (κ2) is 5.10. The molecular weight excluding hydrogens is 346 g/mol. The number of benzene rings is 1. The maximum atomic E-state index is 12.7. The van der Waals surface area contributed by atoms with Crippen LogP contribution in [-0.4, -0.2) is 57.8 Å². The molecule has 1 aromatic rings. The maximum absolute atomic E-state index is 12.7. The van der Waals surface area contributed by atoms with Gasteiger partial charge in [0.2, 0.25) is 0 Å². The van der Waals surface area contributed by atoms with Crippen molar-refractivity contribution in [2.75, 3.05) is 13.6 Å². The van der Waals surface area contributed by atoms with E-state index in [1.807, 2.05) is 37.1 Å². The Kier molecular flexibility index (Phi) is 3.24. The van der Waals surface area contributed by atoms with Crippen molar-refractivity contribution in [2.45, 2.75) is 61.3 Å². The van der Waals surface area contributed by atoms with Crippen LogP contribution in [0.1, 0.15) is 48.5 Å². The predicted octanol–water partition coefficient (Wildman–Crippen LogP) is 0.477. The number of carbonyl (C=O) groups excluding carboxylic acids is 2. The number of rotatable bonds is 0. The van der Waals surface area contributed by atoms with E-state index in [1.165, 1.54) is 0 Å². The number of amides is 3. The molecule has 2 aliphatic carbocycles. The Balaban J connectivity index is 1.75. The molecule has 4 N–H and O–H groups in total. The molecule has 7 nitrogen and oxygen atoms in total. The van der Waals surface area contributed by atoms with E-state index >= 15 is 0 Å². The minimum atomic E-state index is -1.15. The van der Waals surface area contributed by atoms with E-state index in [4.69, 9.17) is 0 Å². The van der Waals surface area contributed by atoms with Gasteiger partial charge >= 0.3 is 6.03 Å². The smallest absolute Gasteiger partial charge is 0.322 e. The lowest BCUT2D eigenvalue weighted by Crippen LogP contribution is -2.76. The summed E-state index contributed by atoms with van der Waals surface area (Å²) in [5, 5.41) is 28.4. The Bertz CT molecular complexity index is 873. The fraction of sp³-hybridized carbons (Fsp3) is 0.600. The van der Waals surface area contributed by atoms with Crippen LogP contribution >= 0.6 is 0 Å². The summed E-state index contributed by atoms with van der Waals surface area (Å²) in [6.45, 7) is 2.70. The van der Waals surface area contributed by atoms with Crippen molar-refractivity contribution >= 4 is 11.9 Å². The number of nitrogens with one attached hydrogen (secondary N) is 2. The highest BCUT2D eigenvalue weighted by molar-refractivity contribution is 6.07. The van der Waals surface area contributed by atoms with Gasteiger partial charge in [-0.15, -0.1) is 0 Å². The Morgan fingerprint density at radius 2 is 2.00 bits per heavy atom. The van der Waals surface area contributed by atoms with Crippen molar-refractivity contribution in [2.24, 2.45) is 0 Å². The normalized spacial score (nSPS) is 43.1. The third-order valence-electron chi connectivity index (χ3n) is 7.58. The highest BCUT2D eigenvalue weighted by Crippen LogP contribution is 2.62. The fourth-order valence-electron chi connectivity index (χ4n) is 6.31. The van der Waals surface area contributed by atoms with E-state index < -0.39 is 34.7 Å². The molecule has 1 aromatic carbocycles. The number of hydrogen-bond donors (Lipinski definition) is 4. The minimum absolute atomic E-state index is 0.306. The molecule has 5 rings (SSSR count). The molecule has 3 fully saturated rings. The lowest BCUT2D eigenvalue weighted by Gasteiger charge is -2.66. The number of aliphatic hydroxyl groups is 2. The van der Waals surface area contributed by atoms with Gasteiger partial charge in [0, 0.05) is 5.41 Å². The summed E-state index contributed by atoms with van der Waals surface area (Å²) < 4.78 is 0. The van der Waals surface area contributed by atoms with Crippen molar-refractivity contribution in [1.29, 1.82) is 0 Å². The Hall–Kier alpha value is -1.96. The molecule has 1 spiro atoms. The zero-order chi connectivity index (χ0) is 19.2. The highest BCUT2D eigenvalue weighted by Gasteiger charge is 2.70. The van der Waals surface area contributed by atoms with Crippen LogP contribution in [-0.2, 0) is 10.2 Å². The average molecular weight is 371 g/mol. The van der Waals surface area contributed by atoms with Crippen LogP contribution in [0.25, 0.3) is 0 Å². The lowest BCUT2D eigenvalue weighted by molar-refractivity contribution is -0.202. The van der Waals surface area contributed by atoms with Gasteiger partial charge < -0.3 is 15.5 Å². The number of likely N-dealkylation sites (tertiary alicyclic amines) is 1. The summed E-state index contributed by atoms with van der Waals surface area (Å²) >= 11 is 0. The number of aryl methyl sites for hydroxylation is 1. The van der Waals surface area contributed by atoms with Gasteiger partial charge in [-0.05, 0) is 57.3 Å². The molecule has 1 saturated carbocycles. The predicted molar refractivity (Wildman–Crippen MR) is 97.1 cm³/mol. The standard InChI is InChI=1S/C20H25N3O4/c1-11-3-4-12-13(9-11)18-7-8-23(2)15(14(12)24)20(18,27)6-5-19(10-18)16(25)21-17(26)22-19/h3-4,9,14-15,24,27H,5-8,10H2,1-2H3,(H2,21,22,25,26)/t14-,15-,18-,19+,20-/m1/s1. The molecule has 2 bridgehead atoms. The van der Waals surface area contributed by atoms with Crippen LogP contribution in [0.3, 0.4) is 0 Å². The number of imide groups is 1. The molecule has 5 atom stereocenters. The largest absolute Gasteiger partial charge is 0.387 e. The van der Waals surface area contributed by atoms with Gasteiger partial charge in [-0.2, -0.15) is 0 Å². The first-order valence-corrected chi connectivity index (χ1v) is 9.58. The van der Waals surface area contributed by atoms with E-state index in [0.29, 0.717) is 32.2 Å². The number of fused-ring (bicyclic) bond motifs is 1. The van der Waals surface area contributed by atoms with Gasteiger partial charge in [0.1, 0.15) is 5.54 Å². The fourth-order valence-corrected chi connectivity index (χ4v) is 6.31. The van der Waals surface area contributed by atoms with Crippen LogP contribution in [0, 0.1) is 6.92 Å². The van der Waals surface area contributed by atoms with Gasteiger partial charge in [-0.3, -0.25) is 15.0 Å². The van der Waals surface area contributed by atoms with Gasteiger partial charge in [0.15, 0.2) is 0 Å². The van der Waals surface area contributed by atoms with Crippen LogP contribution < -0.4 is 10.6 Å².